The molecule has 0 spiro atoms. The van der Waals surface area contributed by atoms with E-state index >= 15 is 0 Å². The van der Waals surface area contributed by atoms with Crippen LogP contribution in [0.1, 0.15) is 50.1 Å². The molecule has 1 heterocycles. The SMILES string of the molecule is CC(C)C(=O)Nc1cccc(C2SCC(=O)N2c2ccc(C(C)C)cc2)c1. The van der Waals surface area contributed by atoms with Crippen LogP contribution in [0, 0.1) is 5.92 Å². The van der Waals surface area contributed by atoms with Crippen molar-refractivity contribution in [3.05, 3.63) is 59.7 Å². The van der Waals surface area contributed by atoms with Gasteiger partial charge in [0.1, 0.15) is 5.37 Å². The number of nitrogens with zero attached hydrogens (tertiary/aromatic N) is 1. The van der Waals surface area contributed by atoms with E-state index in [2.05, 4.69) is 31.3 Å². The summed E-state index contributed by atoms with van der Waals surface area (Å²) in [5.41, 5.74) is 3.95. The lowest BCUT2D eigenvalue weighted by molar-refractivity contribution is -0.119. The first-order chi connectivity index (χ1) is 12.9. The molecule has 0 saturated carbocycles. The third kappa shape index (κ3) is 4.35. The second-order valence-corrected chi connectivity index (χ2v) is 8.51. The summed E-state index contributed by atoms with van der Waals surface area (Å²) in [5, 5.41) is 2.85. The van der Waals surface area contributed by atoms with Gasteiger partial charge in [0.25, 0.3) is 0 Å². The third-order valence-electron chi connectivity index (χ3n) is 4.67. The van der Waals surface area contributed by atoms with Crippen LogP contribution in [-0.4, -0.2) is 17.6 Å². The van der Waals surface area contributed by atoms with E-state index in [1.165, 1.54) is 5.56 Å². The maximum Gasteiger partial charge on any atom is 0.238 e. The summed E-state index contributed by atoms with van der Waals surface area (Å²) in [6.07, 6.45) is 0. The highest BCUT2D eigenvalue weighted by Gasteiger charge is 2.34. The number of rotatable bonds is 5. The summed E-state index contributed by atoms with van der Waals surface area (Å²) in [6.45, 7) is 8.05. The molecular weight excluding hydrogens is 356 g/mol. The molecule has 3 rings (SSSR count). The van der Waals surface area contributed by atoms with Crippen LogP contribution in [0.4, 0.5) is 11.4 Å². The highest BCUT2D eigenvalue weighted by molar-refractivity contribution is 8.00. The van der Waals surface area contributed by atoms with Crippen LogP contribution < -0.4 is 10.2 Å². The molecule has 1 N–H and O–H groups in total. The Hall–Kier alpha value is -2.27. The van der Waals surface area contributed by atoms with Gasteiger partial charge in [-0.05, 0) is 41.3 Å². The molecule has 1 aliphatic heterocycles. The highest BCUT2D eigenvalue weighted by atomic mass is 32.2. The molecule has 5 heteroatoms. The van der Waals surface area contributed by atoms with Crippen molar-refractivity contribution in [3.8, 4) is 0 Å². The van der Waals surface area contributed by atoms with E-state index in [0.29, 0.717) is 11.7 Å². The number of hydrogen-bond donors (Lipinski definition) is 1. The van der Waals surface area contributed by atoms with Crippen molar-refractivity contribution < 1.29 is 9.59 Å². The lowest BCUT2D eigenvalue weighted by atomic mass is 10.0. The van der Waals surface area contributed by atoms with Gasteiger partial charge in [0.15, 0.2) is 0 Å². The van der Waals surface area contributed by atoms with Gasteiger partial charge in [-0.3, -0.25) is 14.5 Å². The molecule has 1 saturated heterocycles. The summed E-state index contributed by atoms with van der Waals surface area (Å²) in [4.78, 5) is 26.4. The average molecular weight is 383 g/mol. The van der Waals surface area contributed by atoms with E-state index in [1.54, 1.807) is 11.8 Å². The third-order valence-corrected chi connectivity index (χ3v) is 5.88. The van der Waals surface area contributed by atoms with Gasteiger partial charge in [0.2, 0.25) is 11.8 Å². The smallest absolute Gasteiger partial charge is 0.238 e. The lowest BCUT2D eigenvalue weighted by Gasteiger charge is -2.25. The first-order valence-electron chi connectivity index (χ1n) is 9.31. The Morgan fingerprint density at radius 2 is 1.81 bits per heavy atom. The fourth-order valence-electron chi connectivity index (χ4n) is 3.03. The molecule has 27 heavy (non-hydrogen) atoms. The molecule has 0 radical (unpaired) electrons. The van der Waals surface area contributed by atoms with E-state index in [4.69, 9.17) is 0 Å². The Balaban J connectivity index is 1.87. The largest absolute Gasteiger partial charge is 0.326 e. The number of benzene rings is 2. The predicted octanol–water partition coefficient (Wildman–Crippen LogP) is 5.18. The van der Waals surface area contributed by atoms with Gasteiger partial charge >= 0.3 is 0 Å². The molecule has 2 aromatic carbocycles. The maximum atomic E-state index is 12.6. The monoisotopic (exact) mass is 382 g/mol. The van der Waals surface area contributed by atoms with Crippen LogP contribution >= 0.6 is 11.8 Å². The number of thioether (sulfide) groups is 1. The average Bonchev–Trinajstić information content (AvgIpc) is 3.03. The van der Waals surface area contributed by atoms with E-state index < -0.39 is 0 Å². The Bertz CT molecular complexity index is 830. The summed E-state index contributed by atoms with van der Waals surface area (Å²) >= 11 is 1.61. The molecule has 0 aliphatic carbocycles. The van der Waals surface area contributed by atoms with Gasteiger partial charge in [-0.15, -0.1) is 11.8 Å². The molecule has 1 atom stereocenters. The van der Waals surface area contributed by atoms with Crippen molar-refractivity contribution in [1.82, 2.24) is 0 Å². The van der Waals surface area contributed by atoms with Gasteiger partial charge in [0, 0.05) is 17.3 Å². The number of anilines is 2. The molecular formula is C22H26N2O2S. The number of amides is 2. The first kappa shape index (κ1) is 19.5. The zero-order chi connectivity index (χ0) is 19.6. The summed E-state index contributed by atoms with van der Waals surface area (Å²) in [7, 11) is 0. The fraction of sp³-hybridized carbons (Fsp3) is 0.364. The fourth-order valence-corrected chi connectivity index (χ4v) is 4.19. The second kappa shape index (κ2) is 8.17. The maximum absolute atomic E-state index is 12.6. The topological polar surface area (TPSA) is 49.4 Å². The van der Waals surface area contributed by atoms with Crippen LogP contribution in [0.3, 0.4) is 0 Å². The van der Waals surface area contributed by atoms with Crippen molar-refractivity contribution in [3.63, 3.8) is 0 Å². The number of hydrogen-bond acceptors (Lipinski definition) is 3. The first-order valence-corrected chi connectivity index (χ1v) is 10.4. The van der Waals surface area contributed by atoms with Crippen molar-refractivity contribution >= 4 is 35.0 Å². The Morgan fingerprint density at radius 1 is 1.11 bits per heavy atom. The van der Waals surface area contributed by atoms with E-state index in [9.17, 15) is 9.59 Å². The van der Waals surface area contributed by atoms with Gasteiger partial charge in [-0.2, -0.15) is 0 Å². The summed E-state index contributed by atoms with van der Waals surface area (Å²) < 4.78 is 0. The molecule has 0 aromatic heterocycles. The number of nitrogens with one attached hydrogen (secondary N) is 1. The molecule has 1 fully saturated rings. The van der Waals surface area contributed by atoms with Crippen LogP contribution in [0.25, 0.3) is 0 Å². The van der Waals surface area contributed by atoms with Gasteiger partial charge < -0.3 is 5.32 Å². The van der Waals surface area contributed by atoms with E-state index in [0.717, 1.165) is 16.9 Å². The van der Waals surface area contributed by atoms with Crippen molar-refractivity contribution in [2.45, 2.75) is 39.0 Å². The summed E-state index contributed by atoms with van der Waals surface area (Å²) in [5.74, 6) is 0.938. The van der Waals surface area contributed by atoms with Gasteiger partial charge in [-0.1, -0.05) is 52.0 Å². The van der Waals surface area contributed by atoms with Crippen LogP contribution in [-0.2, 0) is 9.59 Å². The van der Waals surface area contributed by atoms with E-state index in [1.807, 2.05) is 55.1 Å². The van der Waals surface area contributed by atoms with Gasteiger partial charge in [0.05, 0.1) is 5.75 Å². The van der Waals surface area contributed by atoms with Crippen molar-refractivity contribution in [2.75, 3.05) is 16.0 Å². The van der Waals surface area contributed by atoms with Gasteiger partial charge in [-0.25, -0.2) is 0 Å². The van der Waals surface area contributed by atoms with E-state index in [-0.39, 0.29) is 23.1 Å². The number of carbonyl (C=O) groups excluding carboxylic acids is 2. The second-order valence-electron chi connectivity index (χ2n) is 7.44. The van der Waals surface area contributed by atoms with Crippen molar-refractivity contribution in [1.29, 1.82) is 0 Å². The Labute approximate surface area is 165 Å². The quantitative estimate of drug-likeness (QED) is 0.775. The predicted molar refractivity (Wildman–Crippen MR) is 113 cm³/mol. The van der Waals surface area contributed by atoms with Crippen LogP contribution in [0.2, 0.25) is 0 Å². The highest BCUT2D eigenvalue weighted by Crippen LogP contribution is 2.42. The minimum atomic E-state index is -0.0849. The molecule has 2 aromatic rings. The Morgan fingerprint density at radius 3 is 2.44 bits per heavy atom. The molecule has 142 valence electrons. The molecule has 2 amide bonds. The molecule has 0 bridgehead atoms. The normalized spacial score (nSPS) is 17.0. The van der Waals surface area contributed by atoms with Crippen molar-refractivity contribution in [2.24, 2.45) is 5.92 Å². The van der Waals surface area contributed by atoms with Crippen LogP contribution in [0.15, 0.2) is 48.5 Å². The molecule has 1 unspecified atom stereocenters. The standard InChI is InChI=1S/C22H26N2O2S/c1-14(2)16-8-10-19(11-9-16)24-20(25)13-27-22(24)17-6-5-7-18(12-17)23-21(26)15(3)4/h5-12,14-15,22H,13H2,1-4H3,(H,23,26). The zero-order valence-corrected chi connectivity index (χ0v) is 17.0. The summed E-state index contributed by atoms with van der Waals surface area (Å²) in [6, 6.07) is 16.0. The minimum Gasteiger partial charge on any atom is -0.326 e. The minimum absolute atomic E-state index is 0.0107. The molecule has 4 nitrogen and oxygen atoms in total. The number of carbonyl (C=O) groups is 2. The van der Waals surface area contributed by atoms with Crippen LogP contribution in [0.5, 0.6) is 0 Å². The lowest BCUT2D eigenvalue weighted by Crippen LogP contribution is -2.27. The molecule has 1 aliphatic rings. The Kier molecular flexibility index (Phi) is 5.90. The zero-order valence-electron chi connectivity index (χ0n) is 16.2.